The lowest BCUT2D eigenvalue weighted by Gasteiger charge is -2.26. The van der Waals surface area contributed by atoms with Gasteiger partial charge in [0.1, 0.15) is 27.5 Å². The standard InChI is InChI=1S/C31H34N6O5S/c1-19-7-8-20(25(16-29(38)39)21-14-26-30(35(2)34-33-26)27(15-21)42-24-9-10-24)13-22(19)17-36-18-23-5-4-12-37(23)31-28(43(36,40)41)6-3-11-32-31/h3,6-8,11,13-15,23-25H,4-5,9-10,12,16-18H2,1-2H3,(H,38,39)/t23-,25+/m1/s1. The molecule has 0 amide bonds. The quantitative estimate of drug-likeness (QED) is 0.318. The number of hydrogen-bond acceptors (Lipinski definition) is 8. The van der Waals surface area contributed by atoms with Crippen LogP contribution in [0.5, 0.6) is 5.75 Å². The first-order chi connectivity index (χ1) is 20.7. The molecule has 0 radical (unpaired) electrons. The number of anilines is 1. The zero-order valence-corrected chi connectivity index (χ0v) is 25.0. The van der Waals surface area contributed by atoms with Crippen LogP contribution >= 0.6 is 0 Å². The highest BCUT2D eigenvalue weighted by atomic mass is 32.2. The maximum Gasteiger partial charge on any atom is 0.304 e. The lowest BCUT2D eigenvalue weighted by molar-refractivity contribution is -0.137. The summed E-state index contributed by atoms with van der Waals surface area (Å²) in [7, 11) is -2.00. The van der Waals surface area contributed by atoms with E-state index < -0.39 is 21.9 Å². The number of benzene rings is 2. The van der Waals surface area contributed by atoms with Crippen molar-refractivity contribution in [1.82, 2.24) is 24.3 Å². The van der Waals surface area contributed by atoms with Gasteiger partial charge in [-0.15, -0.1) is 5.10 Å². The molecule has 4 heterocycles. The molecule has 2 aromatic carbocycles. The Morgan fingerprint density at radius 1 is 1.14 bits per heavy atom. The largest absolute Gasteiger partial charge is 0.488 e. The summed E-state index contributed by atoms with van der Waals surface area (Å²) in [5.74, 6) is -0.255. The number of carboxylic acid groups (broad SMARTS) is 1. The summed E-state index contributed by atoms with van der Waals surface area (Å²) in [6.45, 7) is 3.29. The van der Waals surface area contributed by atoms with Gasteiger partial charge in [0.25, 0.3) is 0 Å². The number of carbonyl (C=O) groups is 1. The van der Waals surface area contributed by atoms with E-state index in [1.165, 1.54) is 0 Å². The molecular formula is C31H34N6O5S. The van der Waals surface area contributed by atoms with Gasteiger partial charge in [0, 0.05) is 44.8 Å². The SMILES string of the molecule is Cc1ccc([C@H](CC(=O)O)c2cc(OC3CC3)c3c(c2)nnn3C)cc1CN1C[C@H]2CCCN2c2ncccc2S1(=O)=O. The molecule has 11 nitrogen and oxygen atoms in total. The Bertz CT molecular complexity index is 1840. The number of rotatable bonds is 8. The summed E-state index contributed by atoms with van der Waals surface area (Å²) < 4.78 is 37.4. The van der Waals surface area contributed by atoms with Gasteiger partial charge in [0.15, 0.2) is 0 Å². The van der Waals surface area contributed by atoms with Crippen molar-refractivity contribution in [3.05, 3.63) is 70.9 Å². The molecule has 1 N–H and O–H groups in total. The summed E-state index contributed by atoms with van der Waals surface area (Å²) in [5, 5.41) is 18.4. The van der Waals surface area contributed by atoms with Crippen LogP contribution in [0.1, 0.15) is 60.3 Å². The number of aryl methyl sites for hydroxylation is 2. The van der Waals surface area contributed by atoms with Crippen LogP contribution in [-0.4, -0.2) is 69.0 Å². The third-order valence-corrected chi connectivity index (χ3v) is 10.7. The van der Waals surface area contributed by atoms with Crippen LogP contribution in [-0.2, 0) is 28.4 Å². The van der Waals surface area contributed by atoms with E-state index in [0.717, 1.165) is 60.0 Å². The molecule has 0 spiro atoms. The fourth-order valence-corrected chi connectivity index (χ4v) is 8.04. The monoisotopic (exact) mass is 602 g/mol. The van der Waals surface area contributed by atoms with Crippen molar-refractivity contribution < 1.29 is 23.1 Å². The second kappa shape index (κ2) is 10.6. The number of carboxylic acids is 1. The molecule has 1 aliphatic carbocycles. The topological polar surface area (TPSA) is 131 Å². The fourth-order valence-electron chi connectivity index (χ4n) is 6.43. The molecule has 43 heavy (non-hydrogen) atoms. The van der Waals surface area contributed by atoms with Crippen LogP contribution in [0.3, 0.4) is 0 Å². The summed E-state index contributed by atoms with van der Waals surface area (Å²) in [6, 6.07) is 13.0. The number of hydrogen-bond donors (Lipinski definition) is 1. The van der Waals surface area contributed by atoms with Gasteiger partial charge < -0.3 is 14.7 Å². The molecule has 2 aromatic heterocycles. The number of fused-ring (bicyclic) bond motifs is 4. The van der Waals surface area contributed by atoms with Gasteiger partial charge in [-0.2, -0.15) is 4.31 Å². The Labute approximate surface area is 250 Å². The van der Waals surface area contributed by atoms with E-state index >= 15 is 0 Å². The zero-order chi connectivity index (χ0) is 29.9. The van der Waals surface area contributed by atoms with Gasteiger partial charge in [0.2, 0.25) is 10.0 Å². The van der Waals surface area contributed by atoms with E-state index in [9.17, 15) is 18.3 Å². The number of aliphatic carboxylic acids is 1. The van der Waals surface area contributed by atoms with Gasteiger partial charge in [-0.05, 0) is 79.1 Å². The van der Waals surface area contributed by atoms with Crippen LogP contribution in [0, 0.1) is 6.92 Å². The lowest BCUT2D eigenvalue weighted by Crippen LogP contribution is -2.39. The number of nitrogens with zero attached hydrogens (tertiary/aromatic N) is 6. The molecular weight excluding hydrogens is 568 g/mol. The van der Waals surface area contributed by atoms with Crippen LogP contribution in [0.25, 0.3) is 11.0 Å². The van der Waals surface area contributed by atoms with Gasteiger partial charge in [-0.25, -0.2) is 18.1 Å². The van der Waals surface area contributed by atoms with Crippen molar-refractivity contribution in [3.63, 3.8) is 0 Å². The highest BCUT2D eigenvalue weighted by molar-refractivity contribution is 7.89. The molecule has 1 saturated heterocycles. The third kappa shape index (κ3) is 5.12. The minimum Gasteiger partial charge on any atom is -0.488 e. The number of sulfonamides is 1. The zero-order valence-electron chi connectivity index (χ0n) is 24.2. The molecule has 2 atom stereocenters. The van der Waals surface area contributed by atoms with Gasteiger partial charge >= 0.3 is 5.97 Å². The van der Waals surface area contributed by atoms with E-state index in [2.05, 4.69) is 20.2 Å². The maximum absolute atomic E-state index is 14.0. The normalized spacial score (nSPS) is 20.4. The second-order valence-electron chi connectivity index (χ2n) is 11.9. The van der Waals surface area contributed by atoms with Crippen molar-refractivity contribution in [3.8, 4) is 5.75 Å². The second-order valence-corrected chi connectivity index (χ2v) is 13.8. The molecule has 2 fully saturated rings. The molecule has 0 bridgehead atoms. The van der Waals surface area contributed by atoms with Crippen LogP contribution in [0.2, 0.25) is 0 Å². The first-order valence-electron chi connectivity index (χ1n) is 14.7. The molecule has 7 rings (SSSR count). The molecule has 4 aromatic rings. The molecule has 3 aliphatic rings. The molecule has 224 valence electrons. The molecule has 12 heteroatoms. The van der Waals surface area contributed by atoms with Gasteiger partial charge in [-0.3, -0.25) is 4.79 Å². The van der Waals surface area contributed by atoms with Crippen LogP contribution in [0.15, 0.2) is 53.6 Å². The summed E-state index contributed by atoms with van der Waals surface area (Å²) in [6.07, 6.45) is 5.50. The van der Waals surface area contributed by atoms with Gasteiger partial charge in [0.05, 0.1) is 12.5 Å². The Morgan fingerprint density at radius 2 is 1.98 bits per heavy atom. The van der Waals surface area contributed by atoms with E-state index in [4.69, 9.17) is 4.74 Å². The molecule has 2 aliphatic heterocycles. The smallest absolute Gasteiger partial charge is 0.304 e. The summed E-state index contributed by atoms with van der Waals surface area (Å²) >= 11 is 0. The minimum atomic E-state index is -3.81. The van der Waals surface area contributed by atoms with E-state index in [1.54, 1.807) is 27.3 Å². The highest BCUT2D eigenvalue weighted by Crippen LogP contribution is 2.39. The fraction of sp³-hybridized carbons (Fsp3) is 0.419. The summed E-state index contributed by atoms with van der Waals surface area (Å²) in [4.78, 5) is 19.0. The van der Waals surface area contributed by atoms with Crippen LogP contribution < -0.4 is 9.64 Å². The molecule has 0 unspecified atom stereocenters. The molecule has 1 saturated carbocycles. The summed E-state index contributed by atoms with van der Waals surface area (Å²) in [5.41, 5.74) is 4.75. The predicted octanol–water partition coefficient (Wildman–Crippen LogP) is 3.99. The number of ether oxygens (including phenoxy) is 1. The Hall–Kier alpha value is -4.03. The van der Waals surface area contributed by atoms with Crippen molar-refractivity contribution >= 4 is 32.8 Å². The minimum absolute atomic E-state index is 0.0535. The van der Waals surface area contributed by atoms with Crippen molar-refractivity contribution in [2.75, 3.05) is 18.0 Å². The maximum atomic E-state index is 14.0. The average molecular weight is 603 g/mol. The van der Waals surface area contributed by atoms with Crippen LogP contribution in [0.4, 0.5) is 5.82 Å². The number of pyridine rings is 1. The van der Waals surface area contributed by atoms with Crippen molar-refractivity contribution in [2.24, 2.45) is 7.05 Å². The van der Waals surface area contributed by atoms with E-state index in [1.807, 2.05) is 44.3 Å². The van der Waals surface area contributed by atoms with Crippen molar-refractivity contribution in [1.29, 1.82) is 0 Å². The first kappa shape index (κ1) is 27.8. The Morgan fingerprint density at radius 3 is 2.77 bits per heavy atom. The lowest BCUT2D eigenvalue weighted by atomic mass is 9.86. The van der Waals surface area contributed by atoms with E-state index in [-0.39, 0.29) is 30.0 Å². The number of aromatic nitrogens is 4. The Balaban J connectivity index is 1.27. The van der Waals surface area contributed by atoms with Crippen molar-refractivity contribution in [2.45, 2.75) is 68.5 Å². The van der Waals surface area contributed by atoms with E-state index in [0.29, 0.717) is 23.6 Å². The third-order valence-electron chi connectivity index (χ3n) is 8.84. The predicted molar refractivity (Wildman–Crippen MR) is 160 cm³/mol. The average Bonchev–Trinajstić information content (AvgIpc) is 3.56. The first-order valence-corrected chi connectivity index (χ1v) is 16.2. The highest BCUT2D eigenvalue weighted by Gasteiger charge is 2.40. The van der Waals surface area contributed by atoms with Gasteiger partial charge in [-0.1, -0.05) is 23.4 Å². The Kier molecular flexibility index (Phi) is 6.85.